The fraction of sp³-hybridized carbons (Fsp3) is 0.0870. The Balaban J connectivity index is 0.850. The SMILES string of the molecule is CC1(C)c2ccccc2-c2ccc(-c3ccc(N(c4ccc(-c5ccccc5)cc4)c4ccc(-c5cc(-c6cccc(-c7ccc8c(c7)C(C)(C)c7ccccc7-8)c6)c6ccccc6n5)cc4)cc3)cc21. The average molecular weight is 909 g/mol. The second-order valence-electron chi connectivity index (χ2n) is 20.4. The third-order valence-electron chi connectivity index (χ3n) is 15.5. The third-order valence-corrected chi connectivity index (χ3v) is 15.5. The van der Waals surface area contributed by atoms with Gasteiger partial charge in [-0.1, -0.05) is 204 Å². The lowest BCUT2D eigenvalue weighted by Gasteiger charge is -2.26. The molecule has 10 aromatic carbocycles. The van der Waals surface area contributed by atoms with Crippen LogP contribution in [0, 0.1) is 0 Å². The standard InChI is InChI=1S/C69H52N2/c1-68(2)62-22-11-8-19-56(62)58-39-31-50(42-64(58)68)47-27-35-54(36-28-47)71(53-33-25-46(26-34-53)45-15-6-5-7-16-45)55-37-29-48(30-38-55)67-44-61(60-21-10-13-24-66(60)70-67)52-18-14-17-49(41-52)51-32-40-59-57-20-9-12-23-63(57)69(3,4)65(59)43-51/h5-44H,1-4H3. The number of benzene rings is 10. The van der Waals surface area contributed by atoms with E-state index in [1.54, 1.807) is 0 Å². The minimum atomic E-state index is -0.0606. The van der Waals surface area contributed by atoms with Crippen LogP contribution in [-0.4, -0.2) is 4.98 Å². The van der Waals surface area contributed by atoms with Gasteiger partial charge < -0.3 is 4.90 Å². The second kappa shape index (κ2) is 16.5. The van der Waals surface area contributed by atoms with Crippen molar-refractivity contribution in [2.24, 2.45) is 0 Å². The maximum absolute atomic E-state index is 5.28. The van der Waals surface area contributed by atoms with Crippen molar-refractivity contribution in [3.63, 3.8) is 0 Å². The first kappa shape index (κ1) is 42.5. The second-order valence-corrected chi connectivity index (χ2v) is 20.4. The van der Waals surface area contributed by atoms with Crippen molar-refractivity contribution in [3.05, 3.63) is 265 Å². The van der Waals surface area contributed by atoms with Crippen molar-refractivity contribution in [2.75, 3.05) is 4.90 Å². The highest BCUT2D eigenvalue weighted by atomic mass is 15.1. The lowest BCUT2D eigenvalue weighted by atomic mass is 9.81. The molecule has 2 aliphatic rings. The summed E-state index contributed by atoms with van der Waals surface area (Å²) in [6.45, 7) is 9.39. The predicted octanol–water partition coefficient (Wildman–Crippen LogP) is 18.7. The van der Waals surface area contributed by atoms with Gasteiger partial charge in [-0.3, -0.25) is 0 Å². The molecule has 0 atom stereocenters. The summed E-state index contributed by atoms with van der Waals surface area (Å²) < 4.78 is 0. The van der Waals surface area contributed by atoms with Gasteiger partial charge in [0, 0.05) is 38.8 Å². The Morgan fingerprint density at radius 3 is 1.28 bits per heavy atom. The van der Waals surface area contributed by atoms with E-state index >= 15 is 0 Å². The molecule has 0 N–H and O–H groups in total. The highest BCUT2D eigenvalue weighted by Crippen LogP contribution is 2.51. The highest BCUT2D eigenvalue weighted by Gasteiger charge is 2.36. The molecular formula is C69H52N2. The van der Waals surface area contributed by atoms with Crippen molar-refractivity contribution in [1.82, 2.24) is 4.98 Å². The van der Waals surface area contributed by atoms with E-state index in [4.69, 9.17) is 4.98 Å². The summed E-state index contributed by atoms with van der Waals surface area (Å²) in [5.74, 6) is 0. The van der Waals surface area contributed by atoms with Crippen LogP contribution >= 0.6 is 0 Å². The highest BCUT2D eigenvalue weighted by molar-refractivity contribution is 5.98. The molecule has 11 aromatic rings. The van der Waals surface area contributed by atoms with Gasteiger partial charge in [0.25, 0.3) is 0 Å². The topological polar surface area (TPSA) is 16.1 Å². The van der Waals surface area contributed by atoms with E-state index in [0.29, 0.717) is 0 Å². The van der Waals surface area contributed by atoms with E-state index in [2.05, 4.69) is 275 Å². The maximum atomic E-state index is 5.28. The van der Waals surface area contributed by atoms with Gasteiger partial charge in [0.05, 0.1) is 11.2 Å². The number of nitrogens with zero attached hydrogens (tertiary/aromatic N) is 2. The zero-order chi connectivity index (χ0) is 47.8. The molecule has 2 aliphatic carbocycles. The lowest BCUT2D eigenvalue weighted by molar-refractivity contribution is 0.660. The molecule has 1 aromatic heterocycles. The molecule has 338 valence electrons. The van der Waals surface area contributed by atoms with Crippen LogP contribution in [0.25, 0.3) is 88.9 Å². The fourth-order valence-electron chi connectivity index (χ4n) is 11.7. The first-order chi connectivity index (χ1) is 34.7. The van der Waals surface area contributed by atoms with E-state index < -0.39 is 0 Å². The Hall–Kier alpha value is -8.59. The van der Waals surface area contributed by atoms with Crippen LogP contribution < -0.4 is 4.90 Å². The molecule has 2 nitrogen and oxygen atoms in total. The molecule has 0 bridgehead atoms. The quantitative estimate of drug-likeness (QED) is 0.151. The summed E-state index contributed by atoms with van der Waals surface area (Å²) in [4.78, 5) is 7.64. The number of hydrogen-bond acceptors (Lipinski definition) is 2. The number of para-hydroxylation sites is 1. The molecule has 0 spiro atoms. The summed E-state index contributed by atoms with van der Waals surface area (Å²) in [6, 6.07) is 89.0. The lowest BCUT2D eigenvalue weighted by Crippen LogP contribution is -2.14. The van der Waals surface area contributed by atoms with Crippen LogP contribution in [0.3, 0.4) is 0 Å². The van der Waals surface area contributed by atoms with Gasteiger partial charge in [-0.2, -0.15) is 0 Å². The van der Waals surface area contributed by atoms with Crippen molar-refractivity contribution in [2.45, 2.75) is 38.5 Å². The van der Waals surface area contributed by atoms with Crippen molar-refractivity contribution in [1.29, 1.82) is 0 Å². The smallest absolute Gasteiger partial charge is 0.0715 e. The fourth-order valence-corrected chi connectivity index (χ4v) is 11.7. The van der Waals surface area contributed by atoms with E-state index in [1.807, 2.05) is 0 Å². The summed E-state index contributed by atoms with van der Waals surface area (Å²) in [5.41, 5.74) is 26.6. The number of fused-ring (bicyclic) bond motifs is 7. The first-order valence-electron chi connectivity index (χ1n) is 24.8. The molecule has 0 saturated heterocycles. The molecule has 0 saturated carbocycles. The third kappa shape index (κ3) is 7.13. The van der Waals surface area contributed by atoms with E-state index in [-0.39, 0.29) is 10.8 Å². The van der Waals surface area contributed by atoms with Gasteiger partial charge in [-0.15, -0.1) is 0 Å². The summed E-state index contributed by atoms with van der Waals surface area (Å²) >= 11 is 0. The average Bonchev–Trinajstić information content (AvgIpc) is 3.80. The Labute approximate surface area is 417 Å². The van der Waals surface area contributed by atoms with Crippen LogP contribution in [0.2, 0.25) is 0 Å². The van der Waals surface area contributed by atoms with E-state index in [1.165, 1.54) is 89.0 Å². The summed E-state index contributed by atoms with van der Waals surface area (Å²) in [6.07, 6.45) is 0. The molecule has 13 rings (SSSR count). The molecule has 0 radical (unpaired) electrons. The summed E-state index contributed by atoms with van der Waals surface area (Å²) in [5, 5.41) is 1.14. The number of pyridine rings is 1. The molecule has 2 heteroatoms. The van der Waals surface area contributed by atoms with E-state index in [0.717, 1.165) is 39.2 Å². The molecular weight excluding hydrogens is 857 g/mol. The number of aromatic nitrogens is 1. The maximum Gasteiger partial charge on any atom is 0.0715 e. The van der Waals surface area contributed by atoms with Gasteiger partial charge >= 0.3 is 0 Å². The Morgan fingerprint density at radius 2 is 0.690 bits per heavy atom. The Bertz CT molecular complexity index is 3840. The van der Waals surface area contributed by atoms with Crippen LogP contribution in [0.5, 0.6) is 0 Å². The number of anilines is 3. The van der Waals surface area contributed by atoms with Crippen LogP contribution in [-0.2, 0) is 10.8 Å². The van der Waals surface area contributed by atoms with Crippen molar-refractivity contribution in [3.8, 4) is 78.0 Å². The zero-order valence-corrected chi connectivity index (χ0v) is 40.5. The first-order valence-corrected chi connectivity index (χ1v) is 24.8. The zero-order valence-electron chi connectivity index (χ0n) is 40.5. The van der Waals surface area contributed by atoms with Gasteiger partial charge in [-0.25, -0.2) is 4.98 Å². The molecule has 0 amide bonds. The van der Waals surface area contributed by atoms with Crippen LogP contribution in [0.15, 0.2) is 243 Å². The van der Waals surface area contributed by atoms with Gasteiger partial charge in [0.15, 0.2) is 0 Å². The normalized spacial score (nSPS) is 13.6. The van der Waals surface area contributed by atoms with Crippen LogP contribution in [0.4, 0.5) is 17.1 Å². The monoisotopic (exact) mass is 908 g/mol. The molecule has 0 fully saturated rings. The van der Waals surface area contributed by atoms with Crippen molar-refractivity contribution >= 4 is 28.0 Å². The number of hydrogen-bond donors (Lipinski definition) is 0. The number of rotatable bonds is 8. The van der Waals surface area contributed by atoms with Gasteiger partial charge in [0.2, 0.25) is 0 Å². The molecule has 0 aliphatic heterocycles. The Morgan fingerprint density at radius 1 is 0.282 bits per heavy atom. The molecule has 71 heavy (non-hydrogen) atoms. The minimum Gasteiger partial charge on any atom is -0.311 e. The van der Waals surface area contributed by atoms with Gasteiger partial charge in [0.1, 0.15) is 0 Å². The molecule has 0 unspecified atom stereocenters. The predicted molar refractivity (Wildman–Crippen MR) is 299 cm³/mol. The largest absolute Gasteiger partial charge is 0.311 e. The van der Waals surface area contributed by atoms with Crippen LogP contribution in [0.1, 0.15) is 49.9 Å². The minimum absolute atomic E-state index is 0.0548. The Kier molecular flexibility index (Phi) is 9.90. The van der Waals surface area contributed by atoms with Gasteiger partial charge in [-0.05, 0) is 156 Å². The van der Waals surface area contributed by atoms with E-state index in [9.17, 15) is 0 Å². The molecule has 1 heterocycles. The summed E-state index contributed by atoms with van der Waals surface area (Å²) in [7, 11) is 0. The van der Waals surface area contributed by atoms with Crippen molar-refractivity contribution < 1.29 is 0 Å².